The van der Waals surface area contributed by atoms with Crippen LogP contribution in [0.25, 0.3) is 5.69 Å². The van der Waals surface area contributed by atoms with Gasteiger partial charge in [0.05, 0.1) is 17.4 Å². The Labute approximate surface area is 167 Å². The highest BCUT2D eigenvalue weighted by molar-refractivity contribution is 6.30. The molecule has 29 heavy (non-hydrogen) atoms. The first kappa shape index (κ1) is 19.1. The number of nitrogens with zero attached hydrogens (tertiary/aromatic N) is 2. The van der Waals surface area contributed by atoms with Crippen LogP contribution in [0.1, 0.15) is 16.1 Å². The lowest BCUT2D eigenvalue weighted by Gasteiger charge is -2.19. The SMILES string of the molecule is O=C(Nc1ccc2c(c1)OCCO2)c1cnn(-c2cccc(Cl)c2)c1C(F)(F)F. The van der Waals surface area contributed by atoms with Crippen molar-refractivity contribution >= 4 is 23.2 Å². The topological polar surface area (TPSA) is 65.4 Å². The zero-order valence-electron chi connectivity index (χ0n) is 14.7. The fraction of sp³-hybridized carbons (Fsp3) is 0.158. The van der Waals surface area contributed by atoms with Gasteiger partial charge in [-0.3, -0.25) is 4.79 Å². The molecule has 0 saturated carbocycles. The third kappa shape index (κ3) is 3.86. The van der Waals surface area contributed by atoms with E-state index in [2.05, 4.69) is 10.4 Å². The van der Waals surface area contributed by atoms with Gasteiger partial charge in [0.15, 0.2) is 17.2 Å². The van der Waals surface area contributed by atoms with Gasteiger partial charge in [-0.2, -0.15) is 18.3 Å². The molecular formula is C19H13ClF3N3O3. The average Bonchev–Trinajstić information content (AvgIpc) is 3.14. The number of carbonyl (C=O) groups excluding carboxylic acids is 1. The molecule has 4 rings (SSSR count). The minimum absolute atomic E-state index is 0.0863. The third-order valence-electron chi connectivity index (χ3n) is 4.14. The maximum absolute atomic E-state index is 13.7. The van der Waals surface area contributed by atoms with E-state index in [4.69, 9.17) is 21.1 Å². The molecule has 1 aliphatic rings. The zero-order valence-corrected chi connectivity index (χ0v) is 15.4. The van der Waals surface area contributed by atoms with Crippen LogP contribution in [0, 0.1) is 0 Å². The van der Waals surface area contributed by atoms with Gasteiger partial charge in [0.2, 0.25) is 0 Å². The van der Waals surface area contributed by atoms with Crippen LogP contribution in [-0.2, 0) is 6.18 Å². The minimum Gasteiger partial charge on any atom is -0.486 e. The lowest BCUT2D eigenvalue weighted by Crippen LogP contribution is -2.21. The summed E-state index contributed by atoms with van der Waals surface area (Å²) in [4.78, 5) is 12.6. The van der Waals surface area contributed by atoms with E-state index in [1.165, 1.54) is 36.4 Å². The van der Waals surface area contributed by atoms with Crippen LogP contribution in [0.3, 0.4) is 0 Å². The molecule has 1 aromatic heterocycles. The van der Waals surface area contributed by atoms with E-state index < -0.39 is 23.3 Å². The molecule has 1 aliphatic heterocycles. The van der Waals surface area contributed by atoms with Crippen molar-refractivity contribution in [3.8, 4) is 17.2 Å². The van der Waals surface area contributed by atoms with Crippen molar-refractivity contribution in [3.63, 3.8) is 0 Å². The largest absolute Gasteiger partial charge is 0.486 e. The third-order valence-corrected chi connectivity index (χ3v) is 4.37. The number of carbonyl (C=O) groups is 1. The Bertz CT molecular complexity index is 1080. The molecule has 3 aromatic rings. The standard InChI is InChI=1S/C19H13ClF3N3O3/c20-11-2-1-3-13(8-11)26-17(19(21,22)23)14(10-24-26)18(27)25-12-4-5-15-16(9-12)29-7-6-28-15/h1-5,8-10H,6-7H2,(H,25,27). The quantitative estimate of drug-likeness (QED) is 0.670. The van der Waals surface area contributed by atoms with Crippen LogP contribution >= 0.6 is 11.6 Å². The van der Waals surface area contributed by atoms with Crippen molar-refractivity contribution in [2.24, 2.45) is 0 Å². The molecule has 2 aromatic carbocycles. The summed E-state index contributed by atoms with van der Waals surface area (Å²) in [5.74, 6) is -0.0546. The molecule has 2 heterocycles. The molecule has 0 unspecified atom stereocenters. The summed E-state index contributed by atoms with van der Waals surface area (Å²) >= 11 is 5.87. The van der Waals surface area contributed by atoms with Gasteiger partial charge in [0, 0.05) is 16.8 Å². The first-order valence-electron chi connectivity index (χ1n) is 8.45. The maximum atomic E-state index is 13.7. The van der Waals surface area contributed by atoms with Crippen LogP contribution in [-0.4, -0.2) is 28.9 Å². The Morgan fingerprint density at radius 2 is 1.86 bits per heavy atom. The Hall–Kier alpha value is -3.20. The van der Waals surface area contributed by atoms with Gasteiger partial charge < -0.3 is 14.8 Å². The second-order valence-electron chi connectivity index (χ2n) is 6.11. The molecule has 6 nitrogen and oxygen atoms in total. The highest BCUT2D eigenvalue weighted by Gasteiger charge is 2.40. The van der Waals surface area contributed by atoms with Crippen molar-refractivity contribution in [2.45, 2.75) is 6.18 Å². The van der Waals surface area contributed by atoms with E-state index in [0.29, 0.717) is 29.4 Å². The number of rotatable bonds is 3. The number of hydrogen-bond acceptors (Lipinski definition) is 4. The van der Waals surface area contributed by atoms with E-state index in [1.807, 2.05) is 0 Å². The van der Waals surface area contributed by atoms with E-state index in [9.17, 15) is 18.0 Å². The van der Waals surface area contributed by atoms with Crippen molar-refractivity contribution in [3.05, 3.63) is 64.9 Å². The smallest absolute Gasteiger partial charge is 0.434 e. The van der Waals surface area contributed by atoms with Crippen molar-refractivity contribution in [1.29, 1.82) is 0 Å². The molecule has 0 saturated heterocycles. The molecule has 0 fully saturated rings. The Kier molecular flexibility index (Phi) is 4.83. The first-order chi connectivity index (χ1) is 13.8. The number of halogens is 4. The van der Waals surface area contributed by atoms with Gasteiger partial charge in [0.1, 0.15) is 13.2 Å². The number of nitrogens with one attached hydrogen (secondary N) is 1. The zero-order chi connectivity index (χ0) is 20.6. The predicted octanol–water partition coefficient (Wildman–Crippen LogP) is 4.57. The molecule has 1 amide bonds. The molecule has 1 N–H and O–H groups in total. The van der Waals surface area contributed by atoms with Crippen LogP contribution in [0.5, 0.6) is 11.5 Å². The Morgan fingerprint density at radius 1 is 1.10 bits per heavy atom. The minimum atomic E-state index is -4.82. The maximum Gasteiger partial charge on any atom is 0.434 e. The van der Waals surface area contributed by atoms with Crippen LogP contribution in [0.2, 0.25) is 5.02 Å². The molecule has 0 radical (unpaired) electrons. The first-order valence-corrected chi connectivity index (χ1v) is 8.83. The molecular weight excluding hydrogens is 411 g/mol. The van der Waals surface area contributed by atoms with Crippen molar-refractivity contribution in [2.75, 3.05) is 18.5 Å². The average molecular weight is 424 g/mol. The number of hydrogen-bond donors (Lipinski definition) is 1. The predicted molar refractivity (Wildman–Crippen MR) is 99.0 cm³/mol. The van der Waals surface area contributed by atoms with Gasteiger partial charge in [-0.15, -0.1) is 0 Å². The summed E-state index contributed by atoms with van der Waals surface area (Å²) in [5.41, 5.74) is -1.46. The summed E-state index contributed by atoms with van der Waals surface area (Å²) in [6.45, 7) is 0.741. The van der Waals surface area contributed by atoms with Crippen LogP contribution < -0.4 is 14.8 Å². The summed E-state index contributed by atoms with van der Waals surface area (Å²) < 4.78 is 52.7. The second-order valence-corrected chi connectivity index (χ2v) is 6.55. The number of ether oxygens (including phenoxy) is 2. The normalized spacial score (nSPS) is 13.2. The summed E-state index contributed by atoms with van der Waals surface area (Å²) in [6, 6.07) is 10.3. The van der Waals surface area contributed by atoms with E-state index >= 15 is 0 Å². The summed E-state index contributed by atoms with van der Waals surface area (Å²) in [6.07, 6.45) is -3.95. The van der Waals surface area contributed by atoms with Gasteiger partial charge in [-0.1, -0.05) is 17.7 Å². The molecule has 0 aliphatic carbocycles. The number of amides is 1. The lowest BCUT2D eigenvalue weighted by atomic mass is 10.2. The van der Waals surface area contributed by atoms with E-state index in [-0.39, 0.29) is 16.4 Å². The highest BCUT2D eigenvalue weighted by atomic mass is 35.5. The van der Waals surface area contributed by atoms with E-state index in [1.54, 1.807) is 6.07 Å². The van der Waals surface area contributed by atoms with Gasteiger partial charge in [0.25, 0.3) is 5.91 Å². The number of anilines is 1. The monoisotopic (exact) mass is 423 g/mol. The molecule has 10 heteroatoms. The molecule has 0 atom stereocenters. The van der Waals surface area contributed by atoms with E-state index in [0.717, 1.165) is 6.20 Å². The van der Waals surface area contributed by atoms with Gasteiger partial charge in [-0.25, -0.2) is 4.68 Å². The van der Waals surface area contributed by atoms with Gasteiger partial charge in [-0.05, 0) is 30.3 Å². The number of aromatic nitrogens is 2. The van der Waals surface area contributed by atoms with Crippen molar-refractivity contribution in [1.82, 2.24) is 9.78 Å². The Morgan fingerprint density at radius 3 is 2.59 bits per heavy atom. The number of fused-ring (bicyclic) bond motifs is 1. The fourth-order valence-corrected chi connectivity index (χ4v) is 3.10. The highest BCUT2D eigenvalue weighted by Crippen LogP contribution is 2.35. The van der Waals surface area contributed by atoms with Crippen molar-refractivity contribution < 1.29 is 27.4 Å². The number of benzene rings is 2. The molecule has 0 bridgehead atoms. The molecule has 0 spiro atoms. The second kappa shape index (κ2) is 7.32. The summed E-state index contributed by atoms with van der Waals surface area (Å²) in [7, 11) is 0. The number of alkyl halides is 3. The molecule has 150 valence electrons. The Balaban J connectivity index is 1.68. The van der Waals surface area contributed by atoms with Gasteiger partial charge >= 0.3 is 6.18 Å². The lowest BCUT2D eigenvalue weighted by molar-refractivity contribution is -0.143. The summed E-state index contributed by atoms with van der Waals surface area (Å²) in [5, 5.41) is 6.45. The fourth-order valence-electron chi connectivity index (χ4n) is 2.91. The van der Waals surface area contributed by atoms with Crippen LogP contribution in [0.15, 0.2) is 48.7 Å². The van der Waals surface area contributed by atoms with Crippen LogP contribution in [0.4, 0.5) is 18.9 Å².